The fourth-order valence-corrected chi connectivity index (χ4v) is 6.07. The Kier molecular flexibility index (Phi) is 5.51. The van der Waals surface area contributed by atoms with Crippen molar-refractivity contribution in [3.63, 3.8) is 0 Å². The Balaban J connectivity index is 1.41. The summed E-state index contributed by atoms with van der Waals surface area (Å²) in [7, 11) is 0. The van der Waals surface area contributed by atoms with E-state index < -0.39 is 0 Å². The van der Waals surface area contributed by atoms with Gasteiger partial charge in [0.05, 0.1) is 0 Å². The zero-order valence-corrected chi connectivity index (χ0v) is 22.7. The second kappa shape index (κ2) is 9.51. The molecule has 0 atom stereocenters. The molecule has 8 aromatic rings. The summed E-state index contributed by atoms with van der Waals surface area (Å²) >= 11 is 6.56. The van der Waals surface area contributed by atoms with E-state index in [9.17, 15) is 0 Å². The first-order chi connectivity index (χ1) is 20.2. The molecule has 0 aliphatic heterocycles. The number of fused-ring (bicyclic) bond motifs is 7. The van der Waals surface area contributed by atoms with Crippen molar-refractivity contribution in [2.45, 2.75) is 0 Å². The predicted octanol–water partition coefficient (Wildman–Crippen LogP) is 10.1. The Morgan fingerprint density at radius 2 is 0.829 bits per heavy atom. The van der Waals surface area contributed by atoms with E-state index in [-0.39, 0.29) is 0 Å². The molecule has 0 amide bonds. The van der Waals surface area contributed by atoms with Crippen molar-refractivity contribution in [3.05, 3.63) is 138 Å². The number of rotatable bonds is 3. The normalized spacial score (nSPS) is 11.5. The molecule has 0 aliphatic rings. The molecular weight excluding hydrogens is 522 g/mol. The van der Waals surface area contributed by atoms with Gasteiger partial charge in [0.1, 0.15) is 0 Å². The average molecular weight is 544 g/mol. The van der Waals surface area contributed by atoms with Crippen molar-refractivity contribution in [2.24, 2.45) is 0 Å². The summed E-state index contributed by atoms with van der Waals surface area (Å²) in [5.41, 5.74) is 2.80. The molecule has 0 fully saturated rings. The molecule has 4 heteroatoms. The predicted molar refractivity (Wildman–Crippen MR) is 171 cm³/mol. The minimum Gasteiger partial charge on any atom is -0.208 e. The van der Waals surface area contributed by atoms with Crippen LogP contribution >= 0.6 is 11.6 Å². The molecule has 41 heavy (non-hydrogen) atoms. The van der Waals surface area contributed by atoms with Crippen molar-refractivity contribution < 1.29 is 0 Å². The first kappa shape index (κ1) is 23.7. The highest BCUT2D eigenvalue weighted by atomic mass is 35.5. The van der Waals surface area contributed by atoms with Gasteiger partial charge < -0.3 is 0 Å². The van der Waals surface area contributed by atoms with E-state index in [0.717, 1.165) is 27.5 Å². The molecule has 0 N–H and O–H groups in total. The molecule has 192 valence electrons. The highest BCUT2D eigenvalue weighted by molar-refractivity contribution is 6.36. The summed E-state index contributed by atoms with van der Waals surface area (Å²) in [5.74, 6) is 1.88. The van der Waals surface area contributed by atoms with Crippen LogP contribution < -0.4 is 0 Å². The second-order valence-corrected chi connectivity index (χ2v) is 10.6. The summed E-state index contributed by atoms with van der Waals surface area (Å²) in [6, 6.07) is 45.8. The van der Waals surface area contributed by atoms with Gasteiger partial charge in [0, 0.05) is 27.1 Å². The number of hydrogen-bond acceptors (Lipinski definition) is 3. The number of benzene rings is 7. The maximum absolute atomic E-state index is 6.56. The molecule has 1 heterocycles. The van der Waals surface area contributed by atoms with Crippen LogP contribution in [0, 0.1) is 0 Å². The Labute approximate surface area is 241 Å². The van der Waals surface area contributed by atoms with Crippen molar-refractivity contribution >= 4 is 54.7 Å². The number of aromatic nitrogens is 3. The molecule has 0 saturated heterocycles. The van der Waals surface area contributed by atoms with Gasteiger partial charge in [-0.15, -0.1) is 0 Å². The lowest BCUT2D eigenvalue weighted by Crippen LogP contribution is -2.00. The maximum atomic E-state index is 6.56. The second-order valence-electron chi connectivity index (χ2n) is 10.2. The van der Waals surface area contributed by atoms with Crippen molar-refractivity contribution in [1.82, 2.24) is 15.0 Å². The van der Waals surface area contributed by atoms with E-state index in [4.69, 9.17) is 26.6 Å². The van der Waals surface area contributed by atoms with Crippen LogP contribution in [-0.4, -0.2) is 15.0 Å². The van der Waals surface area contributed by atoms with Gasteiger partial charge in [-0.05, 0) is 55.9 Å². The number of hydrogen-bond donors (Lipinski definition) is 0. The van der Waals surface area contributed by atoms with Crippen molar-refractivity contribution in [2.75, 3.05) is 0 Å². The Morgan fingerprint density at radius 3 is 1.49 bits per heavy atom. The van der Waals surface area contributed by atoms with E-state index in [0.29, 0.717) is 22.5 Å². The minimum absolute atomic E-state index is 0.616. The quantitative estimate of drug-likeness (QED) is 0.208. The maximum Gasteiger partial charge on any atom is 0.164 e. The molecule has 3 nitrogen and oxygen atoms in total. The molecule has 0 spiro atoms. The standard InChI is InChI=1S/C37H22ClN3/c38-34-21-20-32(29-16-8-9-17-31(29)34)37-40-35(23-10-2-1-3-11-23)39-36(41-37)24-18-19-30-27-14-5-4-12-25(27)26-13-6-7-15-28(26)33(30)22-24/h1-22H. The summed E-state index contributed by atoms with van der Waals surface area (Å²) in [6.07, 6.45) is 0. The number of nitrogens with zero attached hydrogens (tertiary/aromatic N) is 3. The van der Waals surface area contributed by atoms with Crippen LogP contribution in [0.4, 0.5) is 0 Å². The smallest absolute Gasteiger partial charge is 0.164 e. The lowest BCUT2D eigenvalue weighted by molar-refractivity contribution is 1.08. The molecule has 0 unspecified atom stereocenters. The first-order valence-electron chi connectivity index (χ1n) is 13.6. The van der Waals surface area contributed by atoms with Gasteiger partial charge >= 0.3 is 0 Å². The molecule has 0 bridgehead atoms. The summed E-state index contributed by atoms with van der Waals surface area (Å²) < 4.78 is 0. The van der Waals surface area contributed by atoms with E-state index in [1.54, 1.807) is 0 Å². The van der Waals surface area contributed by atoms with Gasteiger partial charge in [0.25, 0.3) is 0 Å². The Hall–Kier alpha value is -5.12. The summed E-state index contributed by atoms with van der Waals surface area (Å²) in [6.45, 7) is 0. The van der Waals surface area contributed by atoms with Gasteiger partial charge in [-0.25, -0.2) is 15.0 Å². The van der Waals surface area contributed by atoms with E-state index in [2.05, 4.69) is 72.8 Å². The van der Waals surface area contributed by atoms with Crippen LogP contribution in [0.25, 0.3) is 77.3 Å². The summed E-state index contributed by atoms with van der Waals surface area (Å²) in [4.78, 5) is 15.0. The molecular formula is C37H22ClN3. The van der Waals surface area contributed by atoms with Gasteiger partial charge in [-0.3, -0.25) is 0 Å². The van der Waals surface area contributed by atoms with Crippen LogP contribution in [0.3, 0.4) is 0 Å². The van der Waals surface area contributed by atoms with Crippen LogP contribution in [0.5, 0.6) is 0 Å². The molecule has 1 aromatic heterocycles. The van der Waals surface area contributed by atoms with Gasteiger partial charge in [0.15, 0.2) is 17.5 Å². The van der Waals surface area contributed by atoms with E-state index >= 15 is 0 Å². The Morgan fingerprint density at radius 1 is 0.341 bits per heavy atom. The molecule has 8 rings (SSSR count). The zero-order valence-electron chi connectivity index (χ0n) is 21.9. The van der Waals surface area contributed by atoms with Gasteiger partial charge in [0.2, 0.25) is 0 Å². The molecule has 0 saturated carbocycles. The monoisotopic (exact) mass is 543 g/mol. The fraction of sp³-hybridized carbons (Fsp3) is 0. The highest BCUT2D eigenvalue weighted by Gasteiger charge is 2.16. The van der Waals surface area contributed by atoms with Crippen LogP contribution in [0.2, 0.25) is 5.02 Å². The zero-order chi connectivity index (χ0) is 27.3. The van der Waals surface area contributed by atoms with E-state index in [1.165, 1.54) is 32.3 Å². The van der Waals surface area contributed by atoms with Crippen LogP contribution in [0.1, 0.15) is 0 Å². The van der Waals surface area contributed by atoms with Crippen LogP contribution in [0.15, 0.2) is 133 Å². The molecule has 7 aromatic carbocycles. The fourth-order valence-electron chi connectivity index (χ4n) is 5.85. The highest BCUT2D eigenvalue weighted by Crippen LogP contribution is 2.38. The Bertz CT molecular complexity index is 2240. The number of halogens is 1. The molecule has 0 radical (unpaired) electrons. The lowest BCUT2D eigenvalue weighted by atomic mass is 9.93. The van der Waals surface area contributed by atoms with Crippen molar-refractivity contribution in [3.8, 4) is 34.2 Å². The lowest BCUT2D eigenvalue weighted by Gasteiger charge is -2.13. The SMILES string of the molecule is Clc1ccc(-c2nc(-c3ccccc3)nc(-c3ccc4c5ccccc5c5ccccc5c4c3)n2)c2ccccc12. The molecule has 0 aliphatic carbocycles. The first-order valence-corrected chi connectivity index (χ1v) is 14.0. The topological polar surface area (TPSA) is 38.7 Å². The average Bonchev–Trinajstić information content (AvgIpc) is 3.05. The third-order valence-corrected chi connectivity index (χ3v) is 8.11. The minimum atomic E-state index is 0.616. The van der Waals surface area contributed by atoms with Crippen molar-refractivity contribution in [1.29, 1.82) is 0 Å². The van der Waals surface area contributed by atoms with E-state index in [1.807, 2.05) is 60.7 Å². The largest absolute Gasteiger partial charge is 0.208 e. The third kappa shape index (κ3) is 3.94. The summed E-state index contributed by atoms with van der Waals surface area (Å²) in [5, 5.41) is 10.0. The van der Waals surface area contributed by atoms with Crippen LogP contribution in [-0.2, 0) is 0 Å². The van der Waals surface area contributed by atoms with Gasteiger partial charge in [-0.1, -0.05) is 127 Å². The van der Waals surface area contributed by atoms with Gasteiger partial charge in [-0.2, -0.15) is 0 Å². The third-order valence-electron chi connectivity index (χ3n) is 7.78.